The molecule has 1 amide bonds. The molecular weight excluding hydrogens is 488 g/mol. The molecule has 2 N–H and O–H groups in total. The number of carbonyl (C=O) groups is 2. The number of carbonyl (C=O) groups excluding carboxylic acids is 2. The number of hydrogen-bond donors (Lipinski definition) is 2. The molecule has 0 aromatic heterocycles. The number of fused-ring (bicyclic) bond motifs is 1. The van der Waals surface area contributed by atoms with Gasteiger partial charge in [-0.2, -0.15) is 0 Å². The number of esters is 1. The minimum atomic E-state index is -3.99. The Bertz CT molecular complexity index is 1330. The van der Waals surface area contributed by atoms with Gasteiger partial charge in [0.25, 0.3) is 5.91 Å². The van der Waals surface area contributed by atoms with E-state index in [9.17, 15) is 18.0 Å². The first-order valence-electron chi connectivity index (χ1n) is 11.2. The first-order valence-corrected chi connectivity index (χ1v) is 13.1. The monoisotopic (exact) mass is 512 g/mol. The van der Waals surface area contributed by atoms with E-state index in [-0.39, 0.29) is 28.1 Å². The molecule has 7 nitrogen and oxygen atoms in total. The fraction of sp³-hybridized carbons (Fsp3) is 0.231. The smallest absolute Gasteiger partial charge is 0.338 e. The van der Waals surface area contributed by atoms with Crippen molar-refractivity contribution in [2.75, 3.05) is 6.61 Å². The van der Waals surface area contributed by atoms with Gasteiger partial charge in [0.05, 0.1) is 16.6 Å². The third-order valence-corrected chi connectivity index (χ3v) is 7.69. The summed E-state index contributed by atoms with van der Waals surface area (Å²) in [6.45, 7) is -0.410. The molecule has 182 valence electrons. The summed E-state index contributed by atoms with van der Waals surface area (Å²) in [5.74, 6) is -1.24. The molecule has 3 aromatic carbocycles. The zero-order chi connectivity index (χ0) is 24.8. The van der Waals surface area contributed by atoms with Gasteiger partial charge < -0.3 is 10.1 Å². The molecular formula is C26H25ClN2O5S. The molecule has 3 aromatic rings. The van der Waals surface area contributed by atoms with Gasteiger partial charge in [-0.25, -0.2) is 17.9 Å². The highest BCUT2D eigenvalue weighted by atomic mass is 35.5. The molecule has 9 heteroatoms. The minimum Gasteiger partial charge on any atom is -0.452 e. The van der Waals surface area contributed by atoms with Gasteiger partial charge in [-0.3, -0.25) is 4.79 Å². The zero-order valence-corrected chi connectivity index (χ0v) is 20.4. The molecule has 0 heterocycles. The van der Waals surface area contributed by atoms with E-state index in [0.29, 0.717) is 0 Å². The van der Waals surface area contributed by atoms with Crippen LogP contribution in [0.3, 0.4) is 0 Å². The largest absolute Gasteiger partial charge is 0.452 e. The molecule has 1 aliphatic carbocycles. The van der Waals surface area contributed by atoms with E-state index >= 15 is 0 Å². The average molecular weight is 513 g/mol. The van der Waals surface area contributed by atoms with Crippen molar-refractivity contribution in [1.29, 1.82) is 0 Å². The lowest BCUT2D eigenvalue weighted by molar-refractivity contribution is -0.125. The highest BCUT2D eigenvalue weighted by Gasteiger charge is 2.23. The SMILES string of the molecule is O=C(COC(=O)c1ccc(Cl)c(S(=O)(=O)NCc2ccccc2)c1)NC1CCCc2ccccc21. The highest BCUT2D eigenvalue weighted by Crippen LogP contribution is 2.29. The van der Waals surface area contributed by atoms with Crippen molar-refractivity contribution in [3.05, 3.63) is 100 Å². The fourth-order valence-corrected chi connectivity index (χ4v) is 5.58. The highest BCUT2D eigenvalue weighted by molar-refractivity contribution is 7.89. The summed E-state index contributed by atoms with van der Waals surface area (Å²) in [7, 11) is -3.99. The van der Waals surface area contributed by atoms with Crippen LogP contribution in [0.5, 0.6) is 0 Å². The predicted molar refractivity (Wildman–Crippen MR) is 132 cm³/mol. The van der Waals surface area contributed by atoms with Crippen molar-refractivity contribution in [2.24, 2.45) is 0 Å². The Labute approximate surface area is 209 Å². The molecule has 35 heavy (non-hydrogen) atoms. The third kappa shape index (κ3) is 6.28. The number of benzene rings is 3. The van der Waals surface area contributed by atoms with Crippen LogP contribution < -0.4 is 10.0 Å². The maximum absolute atomic E-state index is 12.8. The van der Waals surface area contributed by atoms with Crippen molar-refractivity contribution in [2.45, 2.75) is 36.7 Å². The Morgan fingerprint density at radius 2 is 1.74 bits per heavy atom. The van der Waals surface area contributed by atoms with E-state index in [1.54, 1.807) is 24.3 Å². The summed E-state index contributed by atoms with van der Waals surface area (Å²) in [4.78, 5) is 24.7. The predicted octanol–water partition coefficient (Wildman–Crippen LogP) is 4.17. The standard InChI is InChI=1S/C26H25ClN2O5S/c27-22-14-13-20(15-24(22)35(32,33)28-16-18-7-2-1-3-8-18)26(31)34-17-25(30)29-23-12-6-10-19-9-4-5-11-21(19)23/h1-5,7-9,11,13-15,23,28H,6,10,12,16-17H2,(H,29,30). The second-order valence-electron chi connectivity index (χ2n) is 8.24. The van der Waals surface area contributed by atoms with Crippen LogP contribution >= 0.6 is 11.6 Å². The number of rotatable bonds is 8. The Morgan fingerprint density at radius 3 is 2.54 bits per heavy atom. The molecule has 0 saturated heterocycles. The van der Waals surface area contributed by atoms with Crippen LogP contribution in [0.4, 0.5) is 0 Å². The summed E-state index contributed by atoms with van der Waals surface area (Å²) in [5, 5.41) is 2.88. The van der Waals surface area contributed by atoms with Crippen molar-refractivity contribution in [3.63, 3.8) is 0 Å². The first kappa shape index (κ1) is 24.9. The minimum absolute atomic E-state index is 0.0229. The summed E-state index contributed by atoms with van der Waals surface area (Å²) < 4.78 is 33.2. The van der Waals surface area contributed by atoms with Gasteiger partial charge in [0.2, 0.25) is 10.0 Å². The topological polar surface area (TPSA) is 102 Å². The molecule has 1 unspecified atom stereocenters. The van der Waals surface area contributed by atoms with E-state index in [1.165, 1.54) is 17.7 Å². The van der Waals surface area contributed by atoms with E-state index in [0.717, 1.165) is 36.5 Å². The lowest BCUT2D eigenvalue weighted by atomic mass is 9.88. The van der Waals surface area contributed by atoms with E-state index in [1.807, 2.05) is 24.3 Å². The van der Waals surface area contributed by atoms with Crippen LogP contribution in [0.25, 0.3) is 0 Å². The Morgan fingerprint density at radius 1 is 1.00 bits per heavy atom. The summed E-state index contributed by atoms with van der Waals surface area (Å²) in [6, 6.07) is 20.6. The van der Waals surface area contributed by atoms with Crippen molar-refractivity contribution in [1.82, 2.24) is 10.0 Å². The second-order valence-corrected chi connectivity index (χ2v) is 10.4. The van der Waals surface area contributed by atoms with Crippen LogP contribution in [-0.2, 0) is 32.5 Å². The van der Waals surface area contributed by atoms with Crippen LogP contribution in [0.15, 0.2) is 77.7 Å². The fourth-order valence-electron chi connectivity index (χ4n) is 4.04. The number of sulfonamides is 1. The molecule has 0 saturated carbocycles. The number of hydrogen-bond acceptors (Lipinski definition) is 5. The van der Waals surface area contributed by atoms with E-state index < -0.39 is 28.5 Å². The Kier molecular flexibility index (Phi) is 7.85. The molecule has 1 aliphatic rings. The van der Waals surface area contributed by atoms with Gasteiger partial charge in [-0.1, -0.05) is 66.2 Å². The van der Waals surface area contributed by atoms with Gasteiger partial charge >= 0.3 is 5.97 Å². The van der Waals surface area contributed by atoms with Crippen molar-refractivity contribution >= 4 is 33.5 Å². The summed E-state index contributed by atoms with van der Waals surface area (Å²) >= 11 is 6.11. The summed E-state index contributed by atoms with van der Waals surface area (Å²) in [5.41, 5.74) is 3.03. The number of halogens is 1. The van der Waals surface area contributed by atoms with E-state index in [2.05, 4.69) is 16.1 Å². The Hall–Kier alpha value is -3.20. The van der Waals surface area contributed by atoms with Gasteiger partial charge in [0.1, 0.15) is 4.90 Å². The lowest BCUT2D eigenvalue weighted by Gasteiger charge is -2.26. The second kappa shape index (κ2) is 11.0. The molecule has 1 atom stereocenters. The van der Waals surface area contributed by atoms with Gasteiger partial charge in [-0.15, -0.1) is 0 Å². The maximum atomic E-state index is 12.8. The quantitative estimate of drug-likeness (QED) is 0.441. The molecule has 0 radical (unpaired) electrons. The zero-order valence-electron chi connectivity index (χ0n) is 18.9. The summed E-state index contributed by atoms with van der Waals surface area (Å²) in [6.07, 6.45) is 2.74. The maximum Gasteiger partial charge on any atom is 0.338 e. The van der Waals surface area contributed by atoms with Gasteiger partial charge in [0, 0.05) is 6.54 Å². The van der Waals surface area contributed by atoms with Gasteiger partial charge in [-0.05, 0) is 54.2 Å². The van der Waals surface area contributed by atoms with E-state index in [4.69, 9.17) is 16.3 Å². The number of amides is 1. The molecule has 0 bridgehead atoms. The van der Waals surface area contributed by atoms with Crippen molar-refractivity contribution in [3.8, 4) is 0 Å². The van der Waals surface area contributed by atoms with Crippen molar-refractivity contribution < 1.29 is 22.7 Å². The van der Waals surface area contributed by atoms with Crippen LogP contribution in [0, 0.1) is 0 Å². The molecule has 0 aliphatic heterocycles. The number of ether oxygens (including phenoxy) is 1. The number of nitrogens with one attached hydrogen (secondary N) is 2. The lowest BCUT2D eigenvalue weighted by Crippen LogP contribution is -2.34. The van der Waals surface area contributed by atoms with Crippen LogP contribution in [0.1, 0.15) is 45.9 Å². The molecule has 0 spiro atoms. The Balaban J connectivity index is 1.37. The van der Waals surface area contributed by atoms with Crippen LogP contribution in [0.2, 0.25) is 5.02 Å². The number of aryl methyl sites for hydroxylation is 1. The van der Waals surface area contributed by atoms with Gasteiger partial charge in [0.15, 0.2) is 6.61 Å². The van der Waals surface area contributed by atoms with Crippen LogP contribution in [-0.4, -0.2) is 26.9 Å². The average Bonchev–Trinajstić information content (AvgIpc) is 2.87. The first-order chi connectivity index (χ1) is 16.8. The molecule has 0 fully saturated rings. The normalized spacial score (nSPS) is 15.2. The third-order valence-electron chi connectivity index (χ3n) is 5.80. The molecule has 4 rings (SSSR count).